The molecule has 5 rings (SSSR count). The number of likely N-dealkylation sites (tertiary alicyclic amines) is 1. The molecule has 172 valence electrons. The number of carbonyl (C=O) groups excluding carboxylic acids is 1. The highest BCUT2D eigenvalue weighted by Gasteiger charge is 2.37. The molecule has 1 amide bonds. The largest absolute Gasteiger partial charge is 0.383 e. The van der Waals surface area contributed by atoms with E-state index in [1.807, 2.05) is 25.1 Å². The van der Waals surface area contributed by atoms with Gasteiger partial charge < -0.3 is 20.4 Å². The standard InChI is InChI=1S/C24H24N8O2/c1-4-21(33)31-11-16(10-17(31)12-34-3)32-24-22(23(25)26-13-27-24)19(30-32)8-6-15-5-7-18-20(9-15)29-14(2)28-18/h4-5,7,9,13,16-17H,1,10-12H2,2-3H3,(H,28,29)(H2,25,26,27)/t16-,17+/m0/s1. The maximum Gasteiger partial charge on any atom is 0.246 e. The molecule has 3 aromatic heterocycles. The van der Waals surface area contributed by atoms with Crippen LogP contribution in [-0.4, -0.2) is 66.8 Å². The number of benzene rings is 1. The first-order valence-electron chi connectivity index (χ1n) is 10.9. The Balaban J connectivity index is 1.54. The minimum Gasteiger partial charge on any atom is -0.383 e. The van der Waals surface area contributed by atoms with Gasteiger partial charge in [-0.2, -0.15) is 5.10 Å². The van der Waals surface area contributed by atoms with Crippen LogP contribution in [0.15, 0.2) is 37.2 Å². The average Bonchev–Trinajstić information content (AvgIpc) is 3.51. The molecule has 4 heterocycles. The van der Waals surface area contributed by atoms with Gasteiger partial charge in [0, 0.05) is 19.2 Å². The summed E-state index contributed by atoms with van der Waals surface area (Å²) in [6.07, 6.45) is 3.40. The molecule has 1 saturated heterocycles. The van der Waals surface area contributed by atoms with E-state index in [9.17, 15) is 4.79 Å². The van der Waals surface area contributed by atoms with E-state index in [1.165, 1.54) is 12.4 Å². The van der Waals surface area contributed by atoms with Crippen molar-refractivity contribution in [1.82, 2.24) is 34.6 Å². The zero-order chi connectivity index (χ0) is 23.8. The summed E-state index contributed by atoms with van der Waals surface area (Å²) in [7, 11) is 1.62. The summed E-state index contributed by atoms with van der Waals surface area (Å²) in [4.78, 5) is 30.4. The predicted octanol–water partition coefficient (Wildman–Crippen LogP) is 1.97. The monoisotopic (exact) mass is 456 g/mol. The Kier molecular flexibility index (Phi) is 5.47. The van der Waals surface area contributed by atoms with Crippen LogP contribution in [0.2, 0.25) is 0 Å². The van der Waals surface area contributed by atoms with E-state index in [2.05, 4.69) is 38.4 Å². The summed E-state index contributed by atoms with van der Waals surface area (Å²) in [6, 6.07) is 5.60. The number of nitrogens with two attached hydrogens (primary N) is 1. The van der Waals surface area contributed by atoms with E-state index < -0.39 is 0 Å². The molecule has 0 bridgehead atoms. The van der Waals surface area contributed by atoms with Crippen LogP contribution in [0.1, 0.15) is 29.5 Å². The van der Waals surface area contributed by atoms with Crippen molar-refractivity contribution in [3.05, 3.63) is 54.3 Å². The fourth-order valence-electron chi connectivity index (χ4n) is 4.49. The van der Waals surface area contributed by atoms with E-state index in [0.717, 1.165) is 22.4 Å². The number of nitrogen functional groups attached to an aromatic ring is 1. The Morgan fingerprint density at radius 1 is 1.38 bits per heavy atom. The molecule has 0 saturated carbocycles. The first-order chi connectivity index (χ1) is 16.5. The molecular formula is C24H24N8O2. The van der Waals surface area contributed by atoms with E-state index in [0.29, 0.717) is 42.1 Å². The lowest BCUT2D eigenvalue weighted by Gasteiger charge is -2.22. The maximum absolute atomic E-state index is 12.4. The average molecular weight is 457 g/mol. The molecule has 10 nitrogen and oxygen atoms in total. The molecule has 0 radical (unpaired) electrons. The lowest BCUT2D eigenvalue weighted by molar-refractivity contribution is -0.127. The van der Waals surface area contributed by atoms with E-state index >= 15 is 0 Å². The molecular weight excluding hydrogens is 432 g/mol. The minimum atomic E-state index is -0.139. The normalized spacial score (nSPS) is 17.8. The number of imidazole rings is 1. The van der Waals surface area contributed by atoms with Crippen LogP contribution < -0.4 is 5.73 Å². The Labute approximate surface area is 195 Å². The van der Waals surface area contributed by atoms with E-state index in [4.69, 9.17) is 15.6 Å². The highest BCUT2D eigenvalue weighted by molar-refractivity contribution is 5.91. The number of anilines is 1. The number of nitrogens with zero attached hydrogens (tertiary/aromatic N) is 6. The number of nitrogens with one attached hydrogen (secondary N) is 1. The topological polar surface area (TPSA) is 128 Å². The van der Waals surface area contributed by atoms with Gasteiger partial charge >= 0.3 is 0 Å². The minimum absolute atomic E-state index is 0.0851. The zero-order valence-electron chi connectivity index (χ0n) is 18.9. The van der Waals surface area contributed by atoms with Gasteiger partial charge in [-0.05, 0) is 43.5 Å². The summed E-state index contributed by atoms with van der Waals surface area (Å²) in [5, 5.41) is 5.37. The number of methoxy groups -OCH3 is 1. The molecule has 10 heteroatoms. The third-order valence-electron chi connectivity index (χ3n) is 6.00. The lowest BCUT2D eigenvalue weighted by Crippen LogP contribution is -2.37. The van der Waals surface area contributed by atoms with Crippen molar-refractivity contribution in [1.29, 1.82) is 0 Å². The third-order valence-corrected chi connectivity index (χ3v) is 6.00. The predicted molar refractivity (Wildman–Crippen MR) is 128 cm³/mol. The fraction of sp³-hybridized carbons (Fsp3) is 0.292. The molecule has 1 aliphatic heterocycles. The number of amides is 1. The summed E-state index contributed by atoms with van der Waals surface area (Å²) >= 11 is 0. The van der Waals surface area contributed by atoms with E-state index in [-0.39, 0.29) is 18.0 Å². The number of carbonyl (C=O) groups is 1. The van der Waals surface area contributed by atoms with Crippen LogP contribution in [0.4, 0.5) is 5.82 Å². The van der Waals surface area contributed by atoms with Crippen LogP contribution in [0.3, 0.4) is 0 Å². The molecule has 2 atom stereocenters. The van der Waals surface area contributed by atoms with Gasteiger partial charge in [0.25, 0.3) is 0 Å². The van der Waals surface area contributed by atoms with Gasteiger partial charge in [0.1, 0.15) is 23.7 Å². The van der Waals surface area contributed by atoms with Crippen molar-refractivity contribution in [3.63, 3.8) is 0 Å². The van der Waals surface area contributed by atoms with Crippen molar-refractivity contribution < 1.29 is 9.53 Å². The van der Waals surface area contributed by atoms with Crippen molar-refractivity contribution in [2.75, 3.05) is 26.0 Å². The number of aryl methyl sites for hydroxylation is 1. The summed E-state index contributed by atoms with van der Waals surface area (Å²) in [6.45, 7) is 6.42. The number of fused-ring (bicyclic) bond motifs is 2. The van der Waals surface area contributed by atoms with Crippen LogP contribution >= 0.6 is 0 Å². The Morgan fingerprint density at radius 3 is 3.03 bits per heavy atom. The highest BCUT2D eigenvalue weighted by atomic mass is 16.5. The van der Waals surface area contributed by atoms with Crippen molar-refractivity contribution in [2.24, 2.45) is 0 Å². The van der Waals surface area contributed by atoms with Gasteiger partial charge in [0.2, 0.25) is 5.91 Å². The summed E-state index contributed by atoms with van der Waals surface area (Å²) < 4.78 is 7.14. The number of hydrogen-bond acceptors (Lipinski definition) is 7. The van der Waals surface area contributed by atoms with Gasteiger partial charge in [0.15, 0.2) is 5.65 Å². The molecule has 1 aromatic carbocycles. The van der Waals surface area contributed by atoms with Crippen molar-refractivity contribution >= 4 is 33.8 Å². The van der Waals surface area contributed by atoms with Crippen molar-refractivity contribution in [2.45, 2.75) is 25.4 Å². The van der Waals surface area contributed by atoms with Crippen LogP contribution in [0.25, 0.3) is 22.1 Å². The smallest absolute Gasteiger partial charge is 0.246 e. The number of hydrogen-bond donors (Lipinski definition) is 2. The fourth-order valence-corrected chi connectivity index (χ4v) is 4.49. The Bertz CT molecular complexity index is 1470. The Hall–Kier alpha value is -4.23. The molecule has 0 spiro atoms. The van der Waals surface area contributed by atoms with Crippen molar-refractivity contribution in [3.8, 4) is 11.8 Å². The van der Waals surface area contributed by atoms with Gasteiger partial charge in [0.05, 0.1) is 35.1 Å². The third kappa shape index (κ3) is 3.76. The van der Waals surface area contributed by atoms with Gasteiger partial charge in [-0.25, -0.2) is 19.6 Å². The molecule has 0 unspecified atom stereocenters. The quantitative estimate of drug-likeness (QED) is 0.355. The highest BCUT2D eigenvalue weighted by Crippen LogP contribution is 2.32. The van der Waals surface area contributed by atoms with Crippen LogP contribution in [0, 0.1) is 18.8 Å². The molecule has 0 aliphatic carbocycles. The Morgan fingerprint density at radius 2 is 2.24 bits per heavy atom. The van der Waals surface area contributed by atoms with E-state index in [1.54, 1.807) is 16.7 Å². The number of aromatic nitrogens is 6. The first-order valence-corrected chi connectivity index (χ1v) is 10.9. The molecule has 4 aromatic rings. The van der Waals surface area contributed by atoms with Crippen LogP contribution in [-0.2, 0) is 9.53 Å². The molecule has 1 aliphatic rings. The second-order valence-corrected chi connectivity index (χ2v) is 8.25. The first kappa shape index (κ1) is 21.6. The second-order valence-electron chi connectivity index (χ2n) is 8.25. The van der Waals surface area contributed by atoms with Gasteiger partial charge in [-0.3, -0.25) is 4.79 Å². The number of aromatic amines is 1. The number of rotatable bonds is 4. The number of H-pyrrole nitrogens is 1. The SMILES string of the molecule is C=CC(=O)N1C[C@@H](n2nc(C#Cc3ccc4nc(C)[nH]c4c3)c3c(N)ncnc32)C[C@@H]1COC. The van der Waals surface area contributed by atoms with Gasteiger partial charge in [-0.15, -0.1) is 0 Å². The molecule has 1 fully saturated rings. The summed E-state index contributed by atoms with van der Waals surface area (Å²) in [5.74, 6) is 7.33. The molecule has 3 N–H and O–H groups in total. The number of ether oxygens (including phenoxy) is 1. The van der Waals surface area contributed by atoms with Crippen LogP contribution in [0.5, 0.6) is 0 Å². The molecule has 34 heavy (non-hydrogen) atoms. The second kappa shape index (κ2) is 8.61. The zero-order valence-corrected chi connectivity index (χ0v) is 18.9. The maximum atomic E-state index is 12.4. The van der Waals surface area contributed by atoms with Gasteiger partial charge in [-0.1, -0.05) is 12.5 Å². The summed E-state index contributed by atoms with van der Waals surface area (Å²) in [5.41, 5.74) is 9.91. The lowest BCUT2D eigenvalue weighted by atomic mass is 10.2.